The molecule has 0 saturated heterocycles. The molecule has 0 unspecified atom stereocenters. The Kier molecular flexibility index (Phi) is 7.37. The molecule has 16 heteroatoms. The van der Waals surface area contributed by atoms with Crippen LogP contribution in [0.3, 0.4) is 0 Å². The summed E-state index contributed by atoms with van der Waals surface area (Å²) in [6.07, 6.45) is 0. The predicted molar refractivity (Wildman–Crippen MR) is 90.4 cm³/mol. The van der Waals surface area contributed by atoms with E-state index in [1.165, 1.54) is 24.3 Å². The summed E-state index contributed by atoms with van der Waals surface area (Å²) in [5.41, 5.74) is 1.98. The van der Waals surface area contributed by atoms with Crippen molar-refractivity contribution in [2.45, 2.75) is 0 Å². The number of carbonyl (C=O) groups excluding carboxylic acids is 2. The summed E-state index contributed by atoms with van der Waals surface area (Å²) in [6, 6.07) is 9.03. The highest BCUT2D eigenvalue weighted by atomic mass is 19.5. The molecule has 156 valence electrons. The second kappa shape index (κ2) is 9.13. The van der Waals surface area contributed by atoms with Crippen LogP contribution >= 0.6 is 0 Å². The molecule has 0 aromatic heterocycles. The molecular formula is C14H6B2F8N4O2. The van der Waals surface area contributed by atoms with Gasteiger partial charge < -0.3 is 34.5 Å². The summed E-state index contributed by atoms with van der Waals surface area (Å²) < 4.78 is 78.0. The summed E-state index contributed by atoms with van der Waals surface area (Å²) >= 11 is 0. The van der Waals surface area contributed by atoms with Crippen LogP contribution in [0.5, 0.6) is 0 Å². The molecule has 0 fully saturated rings. The summed E-state index contributed by atoms with van der Waals surface area (Å²) in [6.45, 7) is 0. The fourth-order valence-electron chi connectivity index (χ4n) is 2.28. The Hall–Kier alpha value is -3.81. The van der Waals surface area contributed by atoms with Gasteiger partial charge in [-0.15, -0.1) is 0 Å². The van der Waals surface area contributed by atoms with Crippen molar-refractivity contribution < 1.29 is 44.1 Å². The maximum Gasteiger partial charge on any atom is 0.673 e. The minimum Gasteiger partial charge on any atom is -0.418 e. The zero-order chi connectivity index (χ0) is 23.3. The third-order valence-electron chi connectivity index (χ3n) is 3.22. The third-order valence-corrected chi connectivity index (χ3v) is 3.22. The molecule has 0 heterocycles. The van der Waals surface area contributed by atoms with Crippen LogP contribution < -0.4 is 0 Å². The quantitative estimate of drug-likeness (QED) is 0.210. The van der Waals surface area contributed by atoms with Gasteiger partial charge in [-0.3, -0.25) is 9.59 Å². The fourth-order valence-corrected chi connectivity index (χ4v) is 2.28. The van der Waals surface area contributed by atoms with E-state index in [0.717, 1.165) is 0 Å². The van der Waals surface area contributed by atoms with Gasteiger partial charge in [-0.25, -0.2) is 0 Å². The van der Waals surface area contributed by atoms with Gasteiger partial charge in [-0.05, 0) is 23.3 Å². The van der Waals surface area contributed by atoms with Gasteiger partial charge in [-0.2, -0.15) is 0 Å². The van der Waals surface area contributed by atoms with Crippen LogP contribution in [0.2, 0.25) is 0 Å². The summed E-state index contributed by atoms with van der Waals surface area (Å²) in [5, 5.41) is 17.5. The van der Waals surface area contributed by atoms with Gasteiger partial charge in [0.2, 0.25) is 22.4 Å². The van der Waals surface area contributed by atoms with Crippen LogP contribution in [0.25, 0.3) is 21.1 Å². The molecule has 3 rings (SSSR count). The molecule has 0 spiro atoms. The molecule has 6 nitrogen and oxygen atoms in total. The van der Waals surface area contributed by atoms with E-state index in [4.69, 9.17) is 10.8 Å². The maximum atomic E-state index is 12.1. The molecule has 0 aliphatic heterocycles. The van der Waals surface area contributed by atoms with Gasteiger partial charge in [0.15, 0.2) is 9.95 Å². The van der Waals surface area contributed by atoms with E-state index in [9.17, 15) is 44.1 Å². The summed E-state index contributed by atoms with van der Waals surface area (Å²) in [7, 11) is -12.0. The molecule has 1 aliphatic carbocycles. The highest BCUT2D eigenvalue weighted by Crippen LogP contribution is 2.37. The van der Waals surface area contributed by atoms with Gasteiger partial charge >= 0.3 is 25.9 Å². The first-order chi connectivity index (χ1) is 13.7. The van der Waals surface area contributed by atoms with E-state index in [2.05, 4.69) is 9.95 Å². The number of halogens is 8. The SMILES string of the molecule is F[B-](F)(F)F.F[B-](F)(F)F.N#[N+]c1ccc2c(c1)C(=O)C(=O)c1cc([N+]#N)ccc1-2. The van der Waals surface area contributed by atoms with Crippen molar-refractivity contribution in [3.05, 3.63) is 57.5 Å². The Labute approximate surface area is 162 Å². The molecule has 0 N–H and O–H groups in total. The van der Waals surface area contributed by atoms with Crippen LogP contribution in [-0.2, 0) is 0 Å². The van der Waals surface area contributed by atoms with Crippen molar-refractivity contribution in [1.82, 2.24) is 0 Å². The first-order valence-corrected chi connectivity index (χ1v) is 7.48. The standard InChI is InChI=1S/C14H6N4O2.2BF4/c15-17-7-1-3-9-10-4-2-8(18-16)6-12(10)14(20)13(19)11(9)5-7;2*2-1(3,4)5/h1-6H;;/q+2;2*-1. The number of nitrogens with zero attached hydrogens (tertiary/aromatic N) is 4. The molecule has 0 radical (unpaired) electrons. The Morgan fingerprint density at radius 1 is 0.567 bits per heavy atom. The van der Waals surface area contributed by atoms with E-state index in [1.54, 1.807) is 12.1 Å². The fraction of sp³-hybridized carbons (Fsp3) is 0. The first kappa shape index (κ1) is 24.2. The number of ketones is 2. The number of hydrogen-bond donors (Lipinski definition) is 0. The normalized spacial score (nSPS) is 12.1. The lowest BCUT2D eigenvalue weighted by Crippen LogP contribution is -2.20. The van der Waals surface area contributed by atoms with Crippen LogP contribution in [0.4, 0.5) is 45.9 Å². The molecular weight excluding hydrogens is 430 g/mol. The summed E-state index contributed by atoms with van der Waals surface area (Å²) in [4.78, 5) is 30.2. The number of rotatable bonds is 0. The average Bonchev–Trinajstić information content (AvgIpc) is 2.62. The highest BCUT2D eigenvalue weighted by molar-refractivity contribution is 6.53. The Morgan fingerprint density at radius 3 is 1.07 bits per heavy atom. The number of fused-ring (bicyclic) bond motifs is 3. The Balaban J connectivity index is 0.000000378. The molecule has 1 aliphatic rings. The van der Waals surface area contributed by atoms with Crippen molar-refractivity contribution in [2.75, 3.05) is 0 Å². The molecule has 0 amide bonds. The van der Waals surface area contributed by atoms with E-state index in [-0.39, 0.29) is 22.5 Å². The minimum absolute atomic E-state index is 0.200. The minimum atomic E-state index is -6.00. The Morgan fingerprint density at radius 2 is 0.833 bits per heavy atom. The lowest BCUT2D eigenvalue weighted by Gasteiger charge is -2.15. The van der Waals surface area contributed by atoms with Gasteiger partial charge in [0.25, 0.3) is 0 Å². The smallest absolute Gasteiger partial charge is 0.418 e. The third kappa shape index (κ3) is 7.31. The van der Waals surface area contributed by atoms with E-state index in [1.807, 2.05) is 0 Å². The molecule has 30 heavy (non-hydrogen) atoms. The molecule has 0 bridgehead atoms. The zero-order valence-electron chi connectivity index (χ0n) is 14.2. The van der Waals surface area contributed by atoms with Crippen LogP contribution in [-0.4, -0.2) is 26.1 Å². The second-order valence-electron chi connectivity index (χ2n) is 5.31. The van der Waals surface area contributed by atoms with Crippen molar-refractivity contribution in [1.29, 1.82) is 10.8 Å². The lowest BCUT2D eigenvalue weighted by atomic mass is 9.83. The molecule has 0 atom stereocenters. The second-order valence-corrected chi connectivity index (χ2v) is 5.31. The molecule has 2 aromatic carbocycles. The maximum absolute atomic E-state index is 12.1. The van der Waals surface area contributed by atoms with Gasteiger partial charge in [0, 0.05) is 35.4 Å². The number of hydrogen-bond acceptors (Lipinski definition) is 4. The van der Waals surface area contributed by atoms with Crippen LogP contribution in [0.15, 0.2) is 36.4 Å². The number of carbonyl (C=O) groups is 2. The molecule has 2 aromatic rings. The first-order valence-electron chi connectivity index (χ1n) is 7.48. The van der Waals surface area contributed by atoms with Crippen molar-refractivity contribution in [2.24, 2.45) is 0 Å². The monoisotopic (exact) mass is 436 g/mol. The summed E-state index contributed by atoms with van der Waals surface area (Å²) in [5.74, 6) is -1.35. The zero-order valence-corrected chi connectivity index (χ0v) is 14.2. The van der Waals surface area contributed by atoms with Gasteiger partial charge in [0.1, 0.15) is 0 Å². The van der Waals surface area contributed by atoms with Crippen LogP contribution in [0.1, 0.15) is 20.7 Å². The van der Waals surface area contributed by atoms with E-state index >= 15 is 0 Å². The predicted octanol–water partition coefficient (Wildman–Crippen LogP) is 6.30. The van der Waals surface area contributed by atoms with Crippen molar-refractivity contribution in [3.8, 4) is 11.1 Å². The highest BCUT2D eigenvalue weighted by Gasteiger charge is 2.33. The van der Waals surface area contributed by atoms with E-state index in [0.29, 0.717) is 11.1 Å². The number of benzene rings is 2. The van der Waals surface area contributed by atoms with Crippen LogP contribution in [0, 0.1) is 10.8 Å². The van der Waals surface area contributed by atoms with Crippen molar-refractivity contribution in [3.63, 3.8) is 0 Å². The number of Topliss-reactive ketones (excluding diaryl/α,β-unsaturated/α-hetero) is 2. The average molecular weight is 436 g/mol. The van der Waals surface area contributed by atoms with Gasteiger partial charge in [-0.1, -0.05) is 0 Å². The van der Waals surface area contributed by atoms with Gasteiger partial charge in [0.05, 0.1) is 0 Å². The largest absolute Gasteiger partial charge is 0.673 e. The topological polar surface area (TPSA) is 90.4 Å². The van der Waals surface area contributed by atoms with E-state index < -0.39 is 26.1 Å². The Bertz CT molecular complexity index is 976. The van der Waals surface area contributed by atoms with Crippen molar-refractivity contribution >= 4 is 37.5 Å². The molecule has 0 saturated carbocycles. The number of diazo groups is 2. The lowest BCUT2D eigenvalue weighted by molar-refractivity contribution is 0.0815.